The number of carbonyl (C=O) groups excluding carboxylic acids is 1. The highest BCUT2D eigenvalue weighted by Crippen LogP contribution is 2.31. The first-order chi connectivity index (χ1) is 9.97. The Bertz CT molecular complexity index is 470. The van der Waals surface area contributed by atoms with Gasteiger partial charge in [0, 0.05) is 16.5 Å². The van der Waals surface area contributed by atoms with Crippen molar-refractivity contribution in [3.63, 3.8) is 0 Å². The predicted octanol–water partition coefficient (Wildman–Crippen LogP) is 3.49. The highest BCUT2D eigenvalue weighted by atomic mass is 35.5. The molecule has 1 saturated carbocycles. The van der Waals surface area contributed by atoms with E-state index in [2.05, 4.69) is 12.2 Å². The van der Waals surface area contributed by atoms with Crippen LogP contribution in [0.4, 0.5) is 0 Å². The normalized spacial score (nSPS) is 25.6. The molecule has 0 saturated heterocycles. The lowest BCUT2D eigenvalue weighted by molar-refractivity contribution is -0.120. The summed E-state index contributed by atoms with van der Waals surface area (Å²) in [5.74, 6) is 0.997. The molecule has 0 aliphatic heterocycles. The minimum Gasteiger partial charge on any atom is -0.388 e. The van der Waals surface area contributed by atoms with Crippen molar-refractivity contribution >= 4 is 29.3 Å². The van der Waals surface area contributed by atoms with Crippen LogP contribution in [0, 0.1) is 5.92 Å². The quantitative estimate of drug-likeness (QED) is 0.814. The lowest BCUT2D eigenvalue weighted by atomic mass is 9.79. The summed E-state index contributed by atoms with van der Waals surface area (Å²) in [4.78, 5) is 12.9. The molecule has 2 N–H and O–H groups in total. The number of aliphatic hydroxyl groups is 1. The van der Waals surface area contributed by atoms with Crippen LogP contribution in [-0.2, 0) is 4.79 Å². The number of hydrogen-bond donors (Lipinski definition) is 2. The maximum absolute atomic E-state index is 11.9. The highest BCUT2D eigenvalue weighted by molar-refractivity contribution is 8.00. The van der Waals surface area contributed by atoms with Crippen LogP contribution in [0.2, 0.25) is 5.02 Å². The van der Waals surface area contributed by atoms with Crippen LogP contribution in [0.3, 0.4) is 0 Å². The number of amides is 1. The molecule has 5 heteroatoms. The van der Waals surface area contributed by atoms with Crippen molar-refractivity contribution in [3.05, 3.63) is 29.3 Å². The van der Waals surface area contributed by atoms with Gasteiger partial charge in [-0.2, -0.15) is 0 Å². The highest BCUT2D eigenvalue weighted by Gasteiger charge is 2.31. The number of carbonyl (C=O) groups is 1. The second-order valence-electron chi connectivity index (χ2n) is 5.93. The molecule has 0 aromatic heterocycles. The SMILES string of the molecule is CC1CCC(O)(CNC(=O)CSc2ccc(Cl)cc2)CC1. The Morgan fingerprint density at radius 1 is 1.38 bits per heavy atom. The number of hydrogen-bond acceptors (Lipinski definition) is 3. The van der Waals surface area contributed by atoms with Crippen molar-refractivity contribution in [1.29, 1.82) is 0 Å². The summed E-state index contributed by atoms with van der Waals surface area (Å²) in [5.41, 5.74) is -0.715. The number of rotatable bonds is 5. The van der Waals surface area contributed by atoms with Crippen molar-refractivity contribution in [2.45, 2.75) is 43.1 Å². The summed E-state index contributed by atoms with van der Waals surface area (Å²) in [5, 5.41) is 14.0. The molecule has 116 valence electrons. The molecule has 1 aromatic carbocycles. The second-order valence-corrected chi connectivity index (χ2v) is 7.41. The average molecular weight is 328 g/mol. The Morgan fingerprint density at radius 3 is 2.62 bits per heavy atom. The summed E-state index contributed by atoms with van der Waals surface area (Å²) in [6.07, 6.45) is 3.62. The molecular weight excluding hydrogens is 306 g/mol. The van der Waals surface area contributed by atoms with Gasteiger partial charge in [0.2, 0.25) is 5.91 Å². The van der Waals surface area contributed by atoms with E-state index in [0.717, 1.165) is 30.6 Å². The van der Waals surface area contributed by atoms with E-state index in [9.17, 15) is 9.90 Å². The Balaban J connectivity index is 1.71. The van der Waals surface area contributed by atoms with Crippen LogP contribution in [0.1, 0.15) is 32.6 Å². The standard InChI is InChI=1S/C16H22ClNO2S/c1-12-6-8-16(20,9-7-12)11-18-15(19)10-21-14-4-2-13(17)3-5-14/h2-5,12,20H,6-11H2,1H3,(H,18,19). The van der Waals surface area contributed by atoms with Gasteiger partial charge < -0.3 is 10.4 Å². The van der Waals surface area contributed by atoms with Crippen LogP contribution in [0.25, 0.3) is 0 Å². The number of thioether (sulfide) groups is 1. The maximum atomic E-state index is 11.9. The summed E-state index contributed by atoms with van der Waals surface area (Å²) in [7, 11) is 0. The number of halogens is 1. The molecule has 1 aliphatic carbocycles. The topological polar surface area (TPSA) is 49.3 Å². The lowest BCUT2D eigenvalue weighted by Crippen LogP contribution is -2.45. The first kappa shape index (κ1) is 16.7. The molecule has 1 amide bonds. The third-order valence-electron chi connectivity index (χ3n) is 4.00. The van der Waals surface area contributed by atoms with Crippen LogP contribution in [0.15, 0.2) is 29.2 Å². The van der Waals surface area contributed by atoms with Gasteiger partial charge in [0.05, 0.1) is 11.4 Å². The monoisotopic (exact) mass is 327 g/mol. The minimum atomic E-state index is -0.715. The van der Waals surface area contributed by atoms with Gasteiger partial charge in [-0.25, -0.2) is 0 Å². The Morgan fingerprint density at radius 2 is 2.00 bits per heavy atom. The number of nitrogens with one attached hydrogen (secondary N) is 1. The zero-order valence-corrected chi connectivity index (χ0v) is 13.8. The first-order valence-electron chi connectivity index (χ1n) is 7.34. The third kappa shape index (κ3) is 5.53. The van der Waals surface area contributed by atoms with E-state index in [4.69, 9.17) is 11.6 Å². The summed E-state index contributed by atoms with van der Waals surface area (Å²) >= 11 is 7.29. The Hall–Kier alpha value is -0.710. The zero-order chi connectivity index (χ0) is 15.3. The van der Waals surface area contributed by atoms with Crippen molar-refractivity contribution in [2.24, 2.45) is 5.92 Å². The van der Waals surface area contributed by atoms with E-state index in [1.165, 1.54) is 11.8 Å². The van der Waals surface area contributed by atoms with Crippen molar-refractivity contribution in [3.8, 4) is 0 Å². The van der Waals surface area contributed by atoms with Gasteiger partial charge in [-0.1, -0.05) is 18.5 Å². The largest absolute Gasteiger partial charge is 0.388 e. The maximum Gasteiger partial charge on any atom is 0.230 e. The molecule has 0 spiro atoms. The molecule has 21 heavy (non-hydrogen) atoms. The van der Waals surface area contributed by atoms with Gasteiger partial charge in [0.1, 0.15) is 0 Å². The molecular formula is C16H22ClNO2S. The molecule has 1 aliphatic rings. The van der Waals surface area contributed by atoms with Gasteiger partial charge in [-0.05, 0) is 55.9 Å². The van der Waals surface area contributed by atoms with E-state index >= 15 is 0 Å². The summed E-state index contributed by atoms with van der Waals surface area (Å²) < 4.78 is 0. The Kier molecular flexibility index (Phi) is 5.97. The van der Waals surface area contributed by atoms with Crippen molar-refractivity contribution < 1.29 is 9.90 Å². The van der Waals surface area contributed by atoms with Crippen molar-refractivity contribution in [1.82, 2.24) is 5.32 Å². The van der Waals surface area contributed by atoms with Gasteiger partial charge >= 0.3 is 0 Å². The van der Waals surface area contributed by atoms with Gasteiger partial charge in [-0.15, -0.1) is 11.8 Å². The summed E-state index contributed by atoms with van der Waals surface area (Å²) in [6, 6.07) is 7.42. The summed E-state index contributed by atoms with van der Waals surface area (Å²) in [6.45, 7) is 2.57. The molecule has 0 bridgehead atoms. The third-order valence-corrected chi connectivity index (χ3v) is 5.27. The second kappa shape index (κ2) is 7.52. The van der Waals surface area contributed by atoms with E-state index in [-0.39, 0.29) is 5.91 Å². The molecule has 0 heterocycles. The molecule has 2 rings (SSSR count). The molecule has 0 atom stereocenters. The van der Waals surface area contributed by atoms with E-state index < -0.39 is 5.60 Å². The van der Waals surface area contributed by atoms with Gasteiger partial charge in [-0.3, -0.25) is 4.79 Å². The van der Waals surface area contributed by atoms with Crippen molar-refractivity contribution in [2.75, 3.05) is 12.3 Å². The molecule has 0 radical (unpaired) electrons. The van der Waals surface area contributed by atoms with Gasteiger partial charge in [0.25, 0.3) is 0 Å². The van der Waals surface area contributed by atoms with E-state index in [1.807, 2.05) is 24.3 Å². The van der Waals surface area contributed by atoms with Crippen LogP contribution >= 0.6 is 23.4 Å². The van der Waals surface area contributed by atoms with E-state index in [1.54, 1.807) is 0 Å². The van der Waals surface area contributed by atoms with E-state index in [0.29, 0.717) is 23.2 Å². The van der Waals surface area contributed by atoms with Crippen LogP contribution < -0.4 is 5.32 Å². The molecule has 1 fully saturated rings. The Labute approximate surface area is 135 Å². The van der Waals surface area contributed by atoms with Crippen LogP contribution in [0.5, 0.6) is 0 Å². The van der Waals surface area contributed by atoms with Crippen LogP contribution in [-0.4, -0.2) is 28.9 Å². The molecule has 1 aromatic rings. The van der Waals surface area contributed by atoms with Gasteiger partial charge in [0.15, 0.2) is 0 Å². The fourth-order valence-corrected chi connectivity index (χ4v) is 3.32. The smallest absolute Gasteiger partial charge is 0.230 e. The minimum absolute atomic E-state index is 0.0398. The number of benzene rings is 1. The molecule has 3 nitrogen and oxygen atoms in total. The first-order valence-corrected chi connectivity index (χ1v) is 8.71. The molecule has 0 unspecified atom stereocenters. The zero-order valence-electron chi connectivity index (χ0n) is 12.3. The predicted molar refractivity (Wildman–Crippen MR) is 87.8 cm³/mol. The fraction of sp³-hybridized carbons (Fsp3) is 0.562. The fourth-order valence-electron chi connectivity index (χ4n) is 2.47. The lowest BCUT2D eigenvalue weighted by Gasteiger charge is -2.34. The average Bonchev–Trinajstić information content (AvgIpc) is 2.48.